The van der Waals surface area contributed by atoms with Crippen LogP contribution < -0.4 is 4.74 Å². The number of para-hydroxylation sites is 1. The standard InChI is InChI=1S/C18H22N2O4/c1-12-16(13(2)24-19-12)17(21)20-10-9-18(3,22)15(11-20)23-14-7-5-4-6-8-14/h4-8,15,22H,9-11H2,1-3H3/t15-,18-/m1/s1. The van der Waals surface area contributed by atoms with Crippen molar-refractivity contribution in [3.8, 4) is 5.75 Å². The third-order valence-corrected chi connectivity index (χ3v) is 4.52. The lowest BCUT2D eigenvalue weighted by molar-refractivity contribution is -0.0881. The summed E-state index contributed by atoms with van der Waals surface area (Å²) in [6.07, 6.45) is -0.0577. The van der Waals surface area contributed by atoms with Crippen LogP contribution in [-0.4, -0.2) is 45.9 Å². The number of hydrogen-bond donors (Lipinski definition) is 1. The highest BCUT2D eigenvalue weighted by atomic mass is 16.5. The second kappa shape index (κ2) is 6.28. The minimum Gasteiger partial charge on any atom is -0.486 e. The summed E-state index contributed by atoms with van der Waals surface area (Å²) in [5.41, 5.74) is 0.0797. The first kappa shape index (κ1) is 16.5. The van der Waals surface area contributed by atoms with Gasteiger partial charge in [0.1, 0.15) is 28.8 Å². The van der Waals surface area contributed by atoms with Crippen LogP contribution in [0.3, 0.4) is 0 Å². The van der Waals surface area contributed by atoms with Gasteiger partial charge in [0.15, 0.2) is 0 Å². The van der Waals surface area contributed by atoms with Crippen LogP contribution >= 0.6 is 0 Å². The zero-order chi connectivity index (χ0) is 17.3. The van der Waals surface area contributed by atoms with Crippen molar-refractivity contribution >= 4 is 5.91 Å². The summed E-state index contributed by atoms with van der Waals surface area (Å²) < 4.78 is 11.0. The van der Waals surface area contributed by atoms with Crippen molar-refractivity contribution in [3.63, 3.8) is 0 Å². The molecule has 0 radical (unpaired) electrons. The first-order chi connectivity index (χ1) is 11.4. The number of likely N-dealkylation sites (tertiary alicyclic amines) is 1. The van der Waals surface area contributed by atoms with Gasteiger partial charge in [0.05, 0.1) is 12.2 Å². The van der Waals surface area contributed by atoms with Gasteiger partial charge in [-0.15, -0.1) is 0 Å². The number of nitrogens with zero attached hydrogens (tertiary/aromatic N) is 2. The number of ether oxygens (including phenoxy) is 1. The lowest BCUT2D eigenvalue weighted by Crippen LogP contribution is -2.57. The van der Waals surface area contributed by atoms with Crippen molar-refractivity contribution in [3.05, 3.63) is 47.3 Å². The molecular weight excluding hydrogens is 308 g/mol. The van der Waals surface area contributed by atoms with Gasteiger partial charge >= 0.3 is 0 Å². The molecule has 1 N–H and O–H groups in total. The van der Waals surface area contributed by atoms with E-state index in [4.69, 9.17) is 9.26 Å². The maximum absolute atomic E-state index is 12.8. The summed E-state index contributed by atoms with van der Waals surface area (Å²) in [5, 5.41) is 14.5. The monoisotopic (exact) mass is 330 g/mol. The lowest BCUT2D eigenvalue weighted by Gasteiger charge is -2.42. The Morgan fingerprint density at radius 3 is 2.71 bits per heavy atom. The summed E-state index contributed by atoms with van der Waals surface area (Å²) in [5.74, 6) is 1.05. The number of carbonyl (C=O) groups is 1. The largest absolute Gasteiger partial charge is 0.486 e. The molecule has 2 atom stereocenters. The Bertz CT molecular complexity index is 704. The molecular formula is C18H22N2O4. The average Bonchev–Trinajstić information content (AvgIpc) is 2.88. The van der Waals surface area contributed by atoms with Gasteiger partial charge in [0, 0.05) is 6.54 Å². The number of carbonyl (C=O) groups excluding carboxylic acids is 1. The molecule has 0 spiro atoms. The molecule has 0 aliphatic carbocycles. The van der Waals surface area contributed by atoms with Crippen molar-refractivity contribution < 1.29 is 19.2 Å². The molecule has 1 amide bonds. The van der Waals surface area contributed by atoms with Gasteiger partial charge in [-0.3, -0.25) is 4.79 Å². The molecule has 2 heterocycles. The highest BCUT2D eigenvalue weighted by Crippen LogP contribution is 2.28. The molecule has 1 saturated heterocycles. The molecule has 6 nitrogen and oxygen atoms in total. The van der Waals surface area contributed by atoms with Crippen LogP contribution in [0, 0.1) is 13.8 Å². The molecule has 2 aromatic rings. The summed E-state index contributed by atoms with van der Waals surface area (Å²) in [7, 11) is 0. The summed E-state index contributed by atoms with van der Waals surface area (Å²) in [4.78, 5) is 14.5. The fourth-order valence-electron chi connectivity index (χ4n) is 2.97. The molecule has 1 aliphatic heterocycles. The minimum absolute atomic E-state index is 0.136. The SMILES string of the molecule is Cc1noc(C)c1C(=O)N1CC[C@@](C)(O)[C@H](Oc2ccccc2)C1. The van der Waals surface area contributed by atoms with Crippen molar-refractivity contribution in [2.24, 2.45) is 0 Å². The Balaban J connectivity index is 1.79. The van der Waals surface area contributed by atoms with Crippen LogP contribution in [-0.2, 0) is 0 Å². The molecule has 1 aromatic carbocycles. The number of aliphatic hydroxyl groups is 1. The van der Waals surface area contributed by atoms with Gasteiger partial charge in [-0.05, 0) is 39.3 Å². The quantitative estimate of drug-likeness (QED) is 0.935. The first-order valence-corrected chi connectivity index (χ1v) is 8.05. The Kier molecular flexibility index (Phi) is 4.32. The maximum atomic E-state index is 12.8. The van der Waals surface area contributed by atoms with Gasteiger partial charge < -0.3 is 19.3 Å². The van der Waals surface area contributed by atoms with Crippen molar-refractivity contribution in [2.75, 3.05) is 13.1 Å². The van der Waals surface area contributed by atoms with E-state index in [0.717, 1.165) is 0 Å². The van der Waals surface area contributed by atoms with E-state index in [1.165, 1.54) is 0 Å². The normalized spacial score (nSPS) is 24.0. The van der Waals surface area contributed by atoms with Crippen molar-refractivity contribution in [2.45, 2.75) is 38.9 Å². The molecule has 3 rings (SSSR count). The lowest BCUT2D eigenvalue weighted by atomic mass is 9.90. The van der Waals surface area contributed by atoms with E-state index in [0.29, 0.717) is 42.3 Å². The highest BCUT2D eigenvalue weighted by Gasteiger charge is 2.41. The van der Waals surface area contributed by atoms with E-state index >= 15 is 0 Å². The molecule has 6 heteroatoms. The molecule has 1 fully saturated rings. The van der Waals surface area contributed by atoms with Gasteiger partial charge in [0.25, 0.3) is 5.91 Å². The van der Waals surface area contributed by atoms with E-state index in [9.17, 15) is 9.90 Å². The average molecular weight is 330 g/mol. The molecule has 1 aromatic heterocycles. The summed E-state index contributed by atoms with van der Waals surface area (Å²) in [6, 6.07) is 9.33. The minimum atomic E-state index is -0.995. The van der Waals surface area contributed by atoms with E-state index < -0.39 is 11.7 Å². The van der Waals surface area contributed by atoms with Crippen molar-refractivity contribution in [1.82, 2.24) is 10.1 Å². The third-order valence-electron chi connectivity index (χ3n) is 4.52. The molecule has 1 aliphatic rings. The van der Waals surface area contributed by atoms with E-state index in [1.807, 2.05) is 30.3 Å². The third kappa shape index (κ3) is 3.14. The van der Waals surface area contributed by atoms with Crippen LogP contribution in [0.2, 0.25) is 0 Å². The Morgan fingerprint density at radius 1 is 1.38 bits per heavy atom. The van der Waals surface area contributed by atoms with Gasteiger partial charge in [-0.2, -0.15) is 0 Å². The van der Waals surface area contributed by atoms with Crippen LogP contribution in [0.15, 0.2) is 34.9 Å². The Hall–Kier alpha value is -2.34. The summed E-state index contributed by atoms with van der Waals surface area (Å²) >= 11 is 0. The number of amides is 1. The molecule has 0 unspecified atom stereocenters. The number of aryl methyl sites for hydroxylation is 2. The fraction of sp³-hybridized carbons (Fsp3) is 0.444. The second-order valence-electron chi connectivity index (χ2n) is 6.48. The van der Waals surface area contributed by atoms with Crippen LogP contribution in [0.25, 0.3) is 0 Å². The van der Waals surface area contributed by atoms with E-state index in [2.05, 4.69) is 5.16 Å². The van der Waals surface area contributed by atoms with Gasteiger partial charge in [-0.1, -0.05) is 23.4 Å². The van der Waals surface area contributed by atoms with Crippen LogP contribution in [0.4, 0.5) is 0 Å². The van der Waals surface area contributed by atoms with Crippen LogP contribution in [0.5, 0.6) is 5.75 Å². The Morgan fingerprint density at radius 2 is 2.08 bits per heavy atom. The van der Waals surface area contributed by atoms with E-state index in [1.54, 1.807) is 25.7 Å². The maximum Gasteiger partial charge on any atom is 0.259 e. The smallest absolute Gasteiger partial charge is 0.259 e. The highest BCUT2D eigenvalue weighted by molar-refractivity contribution is 5.96. The molecule has 0 bridgehead atoms. The number of hydrogen-bond acceptors (Lipinski definition) is 5. The zero-order valence-electron chi connectivity index (χ0n) is 14.2. The summed E-state index contributed by atoms with van der Waals surface area (Å²) in [6.45, 7) is 6.00. The first-order valence-electron chi connectivity index (χ1n) is 8.05. The molecule has 24 heavy (non-hydrogen) atoms. The second-order valence-corrected chi connectivity index (χ2v) is 6.48. The van der Waals surface area contributed by atoms with Crippen molar-refractivity contribution in [1.29, 1.82) is 0 Å². The predicted octanol–water partition coefficient (Wildman–Crippen LogP) is 2.34. The Labute approximate surface area is 141 Å². The van der Waals surface area contributed by atoms with Crippen LogP contribution in [0.1, 0.15) is 35.2 Å². The molecule has 0 saturated carbocycles. The van der Waals surface area contributed by atoms with Gasteiger partial charge in [-0.25, -0.2) is 0 Å². The number of aromatic nitrogens is 1. The predicted molar refractivity (Wildman–Crippen MR) is 88.0 cm³/mol. The molecule has 128 valence electrons. The number of rotatable bonds is 3. The van der Waals surface area contributed by atoms with Gasteiger partial charge in [0.2, 0.25) is 0 Å². The number of piperidine rings is 1. The van der Waals surface area contributed by atoms with E-state index in [-0.39, 0.29) is 5.91 Å². The zero-order valence-corrected chi connectivity index (χ0v) is 14.2. The topological polar surface area (TPSA) is 75.8 Å². The fourth-order valence-corrected chi connectivity index (χ4v) is 2.97. The number of benzene rings is 1.